The number of thiazole rings is 1. The van der Waals surface area contributed by atoms with Crippen molar-refractivity contribution in [2.75, 3.05) is 16.8 Å². The van der Waals surface area contributed by atoms with E-state index in [9.17, 15) is 13.6 Å². The largest absolute Gasteiger partial charge is 0.301 e. The van der Waals surface area contributed by atoms with Gasteiger partial charge in [-0.25, -0.2) is 13.8 Å². The fraction of sp³-hybridized carbons (Fsp3) is 0.154. The van der Waals surface area contributed by atoms with Crippen molar-refractivity contribution in [1.82, 2.24) is 4.98 Å². The van der Waals surface area contributed by atoms with Crippen molar-refractivity contribution in [3.63, 3.8) is 0 Å². The molecule has 0 saturated carbocycles. The van der Waals surface area contributed by atoms with E-state index in [0.717, 1.165) is 12.1 Å². The fourth-order valence-electron chi connectivity index (χ4n) is 1.46. The summed E-state index contributed by atoms with van der Waals surface area (Å²) < 4.78 is 26.0. The SMILES string of the molecule is N#CCSCC(=O)Nc1nc(-c2ccc(F)c(F)c2)cs1. The minimum Gasteiger partial charge on any atom is -0.301 e. The number of anilines is 1. The van der Waals surface area contributed by atoms with Crippen LogP contribution in [0.2, 0.25) is 0 Å². The molecule has 1 N–H and O–H groups in total. The Kier molecular flexibility index (Phi) is 5.25. The highest BCUT2D eigenvalue weighted by Crippen LogP contribution is 2.26. The quantitative estimate of drug-likeness (QED) is 0.857. The van der Waals surface area contributed by atoms with Gasteiger partial charge in [0.2, 0.25) is 5.91 Å². The maximum atomic E-state index is 13.2. The van der Waals surface area contributed by atoms with E-state index in [1.807, 2.05) is 6.07 Å². The van der Waals surface area contributed by atoms with Crippen LogP contribution in [0.5, 0.6) is 0 Å². The van der Waals surface area contributed by atoms with Gasteiger partial charge < -0.3 is 5.32 Å². The summed E-state index contributed by atoms with van der Waals surface area (Å²) in [4.78, 5) is 15.7. The van der Waals surface area contributed by atoms with Gasteiger partial charge in [-0.05, 0) is 18.2 Å². The summed E-state index contributed by atoms with van der Waals surface area (Å²) in [6, 6.07) is 5.43. The second-order valence-electron chi connectivity index (χ2n) is 3.87. The van der Waals surface area contributed by atoms with Crippen LogP contribution < -0.4 is 5.32 Å². The van der Waals surface area contributed by atoms with Gasteiger partial charge >= 0.3 is 0 Å². The van der Waals surface area contributed by atoms with Crippen LogP contribution >= 0.6 is 23.1 Å². The normalized spacial score (nSPS) is 10.1. The van der Waals surface area contributed by atoms with Crippen LogP contribution in [0, 0.1) is 23.0 Å². The predicted octanol–water partition coefficient (Wildman–Crippen LogP) is 3.28. The number of rotatable bonds is 5. The number of amides is 1. The molecular weight excluding hydrogens is 316 g/mol. The molecule has 0 radical (unpaired) electrons. The van der Waals surface area contributed by atoms with Crippen molar-refractivity contribution in [3.8, 4) is 17.3 Å². The summed E-state index contributed by atoms with van der Waals surface area (Å²) in [6.07, 6.45) is 0. The van der Waals surface area contributed by atoms with Crippen LogP contribution in [-0.2, 0) is 4.79 Å². The Balaban J connectivity index is 2.02. The number of nitrogens with zero attached hydrogens (tertiary/aromatic N) is 2. The second-order valence-corrected chi connectivity index (χ2v) is 5.71. The summed E-state index contributed by atoms with van der Waals surface area (Å²) in [6.45, 7) is 0. The fourth-order valence-corrected chi connectivity index (χ4v) is 2.65. The Bertz CT molecular complexity index is 697. The molecule has 21 heavy (non-hydrogen) atoms. The number of nitrogens with one attached hydrogen (secondary N) is 1. The standard InChI is InChI=1S/C13H9F2N3OS2/c14-9-2-1-8(5-10(9)15)11-6-21-13(17-11)18-12(19)7-20-4-3-16/h1-2,5-6H,4,7H2,(H,17,18,19). The first kappa shape index (κ1) is 15.4. The van der Waals surface area contributed by atoms with Crippen LogP contribution in [0.4, 0.5) is 13.9 Å². The number of benzene rings is 1. The van der Waals surface area contributed by atoms with Gasteiger partial charge in [-0.3, -0.25) is 4.79 Å². The van der Waals surface area contributed by atoms with Gasteiger partial charge in [0.25, 0.3) is 0 Å². The molecule has 2 aromatic rings. The molecule has 0 aliphatic heterocycles. The Morgan fingerprint density at radius 1 is 1.43 bits per heavy atom. The lowest BCUT2D eigenvalue weighted by atomic mass is 10.2. The molecule has 108 valence electrons. The lowest BCUT2D eigenvalue weighted by Crippen LogP contribution is -2.14. The maximum Gasteiger partial charge on any atom is 0.236 e. The monoisotopic (exact) mass is 325 g/mol. The molecule has 4 nitrogen and oxygen atoms in total. The van der Waals surface area contributed by atoms with Gasteiger partial charge in [-0.2, -0.15) is 5.26 Å². The average molecular weight is 325 g/mol. The first-order chi connectivity index (χ1) is 10.1. The molecule has 1 amide bonds. The van der Waals surface area contributed by atoms with E-state index in [1.165, 1.54) is 29.2 Å². The van der Waals surface area contributed by atoms with Crippen LogP contribution in [0.15, 0.2) is 23.6 Å². The van der Waals surface area contributed by atoms with Gasteiger partial charge in [-0.15, -0.1) is 23.1 Å². The van der Waals surface area contributed by atoms with Crippen molar-refractivity contribution in [2.45, 2.75) is 0 Å². The molecule has 0 aliphatic rings. The summed E-state index contributed by atoms with van der Waals surface area (Å²) in [5.74, 6) is -1.73. The highest BCUT2D eigenvalue weighted by Gasteiger charge is 2.10. The Hall–Kier alpha value is -1.98. The molecular formula is C13H9F2N3OS2. The molecule has 0 fully saturated rings. The summed E-state index contributed by atoms with van der Waals surface area (Å²) in [7, 11) is 0. The highest BCUT2D eigenvalue weighted by atomic mass is 32.2. The Morgan fingerprint density at radius 2 is 2.24 bits per heavy atom. The van der Waals surface area contributed by atoms with Crippen molar-refractivity contribution < 1.29 is 13.6 Å². The van der Waals surface area contributed by atoms with E-state index in [4.69, 9.17) is 5.26 Å². The lowest BCUT2D eigenvalue weighted by Gasteiger charge is -2.00. The molecule has 0 aliphatic carbocycles. The molecule has 0 spiro atoms. The first-order valence-corrected chi connectivity index (χ1v) is 7.79. The van der Waals surface area contributed by atoms with Gasteiger partial charge in [-0.1, -0.05) is 0 Å². The molecule has 0 unspecified atom stereocenters. The average Bonchev–Trinajstić information content (AvgIpc) is 2.90. The molecule has 1 aromatic heterocycles. The van der Waals surface area contributed by atoms with Crippen molar-refractivity contribution in [3.05, 3.63) is 35.2 Å². The Morgan fingerprint density at radius 3 is 2.95 bits per heavy atom. The number of hydrogen-bond donors (Lipinski definition) is 1. The topological polar surface area (TPSA) is 65.8 Å². The van der Waals surface area contributed by atoms with Gasteiger partial charge in [0.1, 0.15) is 0 Å². The highest BCUT2D eigenvalue weighted by molar-refractivity contribution is 8.00. The molecule has 1 aromatic carbocycles. The zero-order valence-electron chi connectivity index (χ0n) is 10.6. The summed E-state index contributed by atoms with van der Waals surface area (Å²) >= 11 is 2.39. The molecule has 0 bridgehead atoms. The minimum atomic E-state index is -0.945. The maximum absolute atomic E-state index is 13.2. The predicted molar refractivity (Wildman–Crippen MR) is 79.0 cm³/mol. The number of halogens is 2. The number of hydrogen-bond acceptors (Lipinski definition) is 5. The molecule has 2 rings (SSSR count). The third-order valence-electron chi connectivity index (χ3n) is 2.37. The van der Waals surface area contributed by atoms with E-state index >= 15 is 0 Å². The van der Waals surface area contributed by atoms with Crippen LogP contribution in [0.1, 0.15) is 0 Å². The van der Waals surface area contributed by atoms with Crippen LogP contribution in [-0.4, -0.2) is 22.4 Å². The number of aromatic nitrogens is 1. The zero-order valence-corrected chi connectivity index (χ0v) is 12.2. The molecule has 8 heteroatoms. The van der Waals surface area contributed by atoms with E-state index in [2.05, 4.69) is 10.3 Å². The van der Waals surface area contributed by atoms with Crippen molar-refractivity contribution in [2.24, 2.45) is 0 Å². The number of carbonyl (C=O) groups excluding carboxylic acids is 1. The zero-order chi connectivity index (χ0) is 15.2. The third-order valence-corrected chi connectivity index (χ3v) is 3.92. The second kappa shape index (κ2) is 7.15. The number of thioether (sulfide) groups is 1. The van der Waals surface area contributed by atoms with Crippen molar-refractivity contribution >= 4 is 34.1 Å². The van der Waals surface area contributed by atoms with Crippen LogP contribution in [0.25, 0.3) is 11.3 Å². The molecule has 1 heterocycles. The van der Waals surface area contributed by atoms with E-state index in [-0.39, 0.29) is 17.4 Å². The van der Waals surface area contributed by atoms with Crippen molar-refractivity contribution in [1.29, 1.82) is 5.26 Å². The van der Waals surface area contributed by atoms with Gasteiger partial charge in [0, 0.05) is 10.9 Å². The number of nitriles is 1. The summed E-state index contributed by atoms with van der Waals surface area (Å²) in [5, 5.41) is 13.0. The van der Waals surface area contributed by atoms with Crippen LogP contribution in [0.3, 0.4) is 0 Å². The van der Waals surface area contributed by atoms with Gasteiger partial charge in [0.15, 0.2) is 16.8 Å². The lowest BCUT2D eigenvalue weighted by molar-refractivity contribution is -0.113. The van der Waals surface area contributed by atoms with Gasteiger partial charge in [0.05, 0.1) is 23.3 Å². The smallest absolute Gasteiger partial charge is 0.236 e. The minimum absolute atomic E-state index is 0.160. The first-order valence-electron chi connectivity index (χ1n) is 5.75. The third kappa shape index (κ3) is 4.24. The molecule has 0 saturated heterocycles. The molecule has 0 atom stereocenters. The summed E-state index contributed by atoms with van der Waals surface area (Å²) in [5.41, 5.74) is 0.892. The number of carbonyl (C=O) groups is 1. The van der Waals surface area contributed by atoms with E-state index in [0.29, 0.717) is 16.4 Å². The van der Waals surface area contributed by atoms with E-state index < -0.39 is 11.6 Å². The Labute approximate surface area is 127 Å². The van der Waals surface area contributed by atoms with E-state index in [1.54, 1.807) is 5.38 Å².